The molecule has 0 N–H and O–H groups in total. The second-order valence-electron chi connectivity index (χ2n) is 6.80. The minimum Gasteiger partial charge on any atom is -0.273 e. The van der Waals surface area contributed by atoms with Gasteiger partial charge in [0.1, 0.15) is 5.92 Å². The molecule has 1 aliphatic heterocycles. The lowest BCUT2D eigenvalue weighted by Gasteiger charge is -2.37. The molecule has 5 nitrogen and oxygen atoms in total. The molecule has 0 bridgehead atoms. The zero-order valence-electron chi connectivity index (χ0n) is 15.3. The first-order valence-electron chi connectivity index (χ1n) is 9.36. The summed E-state index contributed by atoms with van der Waals surface area (Å²) in [5.41, 5.74) is 1.67. The van der Waals surface area contributed by atoms with Crippen molar-refractivity contribution in [2.45, 2.75) is 19.3 Å². The molecule has 0 aromatic heterocycles. The zero-order valence-corrected chi connectivity index (χ0v) is 15.3. The third-order valence-electron chi connectivity index (χ3n) is 5.00. The Bertz CT molecular complexity index is 902. The third-order valence-corrected chi connectivity index (χ3v) is 5.00. The van der Waals surface area contributed by atoms with Crippen LogP contribution in [-0.4, -0.2) is 17.8 Å². The van der Waals surface area contributed by atoms with Crippen molar-refractivity contribution < 1.29 is 14.4 Å². The average molecular weight is 372 g/mol. The fourth-order valence-electron chi connectivity index (χ4n) is 3.63. The van der Waals surface area contributed by atoms with Crippen molar-refractivity contribution in [1.82, 2.24) is 0 Å². The largest absolute Gasteiger partial charge is 0.342 e. The van der Waals surface area contributed by atoms with Gasteiger partial charge in [-0.3, -0.25) is 9.59 Å². The normalized spacial score (nSPS) is 18.3. The predicted molar refractivity (Wildman–Crippen MR) is 108 cm³/mol. The molecule has 4 rings (SSSR count). The average Bonchev–Trinajstić information content (AvgIpc) is 2.99. The van der Waals surface area contributed by atoms with Crippen LogP contribution in [0.1, 0.15) is 19.3 Å². The Morgan fingerprint density at radius 3 is 1.82 bits per heavy atom. The molecular formula is C23H20N2O3. The molecule has 4 amide bonds. The molecule has 5 heteroatoms. The lowest BCUT2D eigenvalue weighted by molar-refractivity contribution is -0.131. The highest BCUT2D eigenvalue weighted by Gasteiger charge is 2.48. The number of rotatable bonds is 3. The molecule has 0 radical (unpaired) electrons. The number of carbonyl (C=O) groups is 3. The van der Waals surface area contributed by atoms with Crippen molar-refractivity contribution in [3.63, 3.8) is 0 Å². The third kappa shape index (κ3) is 3.16. The number of nitrogens with zero attached hydrogens (tertiary/aromatic N) is 2. The van der Waals surface area contributed by atoms with E-state index in [9.17, 15) is 14.4 Å². The summed E-state index contributed by atoms with van der Waals surface area (Å²) in [5.74, 6) is -1.98. The van der Waals surface area contributed by atoms with Crippen molar-refractivity contribution in [3.05, 3.63) is 84.5 Å². The quantitative estimate of drug-likeness (QED) is 0.747. The molecular weight excluding hydrogens is 352 g/mol. The smallest absolute Gasteiger partial charge is 0.273 e. The second-order valence-corrected chi connectivity index (χ2v) is 6.80. The Morgan fingerprint density at radius 2 is 1.29 bits per heavy atom. The van der Waals surface area contributed by atoms with Crippen LogP contribution in [0.3, 0.4) is 0 Å². The van der Waals surface area contributed by atoms with Gasteiger partial charge < -0.3 is 0 Å². The summed E-state index contributed by atoms with van der Waals surface area (Å²) in [6, 6.07) is 16.9. The van der Waals surface area contributed by atoms with Gasteiger partial charge in [0.05, 0.1) is 11.4 Å². The number of hydrogen-bond donors (Lipinski definition) is 0. The van der Waals surface area contributed by atoms with E-state index in [1.54, 1.807) is 48.5 Å². The van der Waals surface area contributed by atoms with Gasteiger partial charge in [0.2, 0.25) is 0 Å². The number of anilines is 2. The van der Waals surface area contributed by atoms with E-state index < -0.39 is 23.8 Å². The number of imide groups is 2. The Hall–Kier alpha value is -3.47. The number of hydrogen-bond acceptors (Lipinski definition) is 3. The molecule has 0 atom stereocenters. The van der Waals surface area contributed by atoms with E-state index in [4.69, 9.17) is 0 Å². The molecule has 2 aromatic carbocycles. The van der Waals surface area contributed by atoms with Gasteiger partial charge in [0.25, 0.3) is 11.8 Å². The molecule has 0 unspecified atom stereocenters. The van der Waals surface area contributed by atoms with E-state index in [2.05, 4.69) is 0 Å². The van der Waals surface area contributed by atoms with E-state index in [-0.39, 0.29) is 0 Å². The van der Waals surface area contributed by atoms with Crippen molar-refractivity contribution in [2.24, 2.45) is 5.92 Å². The van der Waals surface area contributed by atoms with Crippen LogP contribution in [0.2, 0.25) is 0 Å². The van der Waals surface area contributed by atoms with Crippen molar-refractivity contribution in [2.75, 3.05) is 9.80 Å². The SMILES string of the molecule is O=C1C(C2=CC=CCCC2)C(=O)N(c2ccccc2)C(=O)N1c1ccccc1. The molecule has 0 saturated carbocycles. The molecule has 28 heavy (non-hydrogen) atoms. The van der Waals surface area contributed by atoms with Crippen molar-refractivity contribution in [3.8, 4) is 0 Å². The van der Waals surface area contributed by atoms with Crippen LogP contribution < -0.4 is 9.80 Å². The summed E-state index contributed by atoms with van der Waals surface area (Å²) in [6.07, 6.45) is 8.17. The van der Waals surface area contributed by atoms with Gasteiger partial charge in [-0.05, 0) is 49.1 Å². The lowest BCUT2D eigenvalue weighted by Crippen LogP contribution is -2.60. The van der Waals surface area contributed by atoms with Gasteiger partial charge in [-0.1, -0.05) is 54.6 Å². The summed E-state index contributed by atoms with van der Waals surface area (Å²) in [6.45, 7) is 0. The van der Waals surface area contributed by atoms with Gasteiger partial charge in [0.15, 0.2) is 0 Å². The number of amides is 4. The van der Waals surface area contributed by atoms with E-state index in [1.165, 1.54) is 0 Å². The minimum atomic E-state index is -0.999. The Morgan fingerprint density at radius 1 is 0.750 bits per heavy atom. The lowest BCUT2D eigenvalue weighted by atomic mass is 9.90. The number of carbonyl (C=O) groups excluding carboxylic acids is 3. The van der Waals surface area contributed by atoms with Gasteiger partial charge in [0, 0.05) is 0 Å². The maximum Gasteiger partial charge on any atom is 0.342 e. The van der Waals surface area contributed by atoms with Gasteiger partial charge in [-0.25, -0.2) is 14.6 Å². The van der Waals surface area contributed by atoms with Crippen LogP contribution in [0.4, 0.5) is 16.2 Å². The summed E-state index contributed by atoms with van der Waals surface area (Å²) in [4.78, 5) is 42.1. The maximum absolute atomic E-state index is 13.3. The number of allylic oxidation sites excluding steroid dienone is 3. The van der Waals surface area contributed by atoms with Crippen molar-refractivity contribution >= 4 is 29.2 Å². The van der Waals surface area contributed by atoms with Gasteiger partial charge >= 0.3 is 6.03 Å². The number of para-hydroxylation sites is 2. The summed E-state index contributed by atoms with van der Waals surface area (Å²) < 4.78 is 0. The standard InChI is InChI=1S/C23H20N2O3/c26-21-20(17-11-5-1-2-6-12-17)22(27)25(19-15-9-4-10-16-19)23(28)24(21)18-13-7-3-8-14-18/h1,3-5,7-11,13-16,20H,2,6,12H2. The molecule has 1 saturated heterocycles. The van der Waals surface area contributed by atoms with Crippen LogP contribution in [0, 0.1) is 5.92 Å². The molecule has 1 aliphatic carbocycles. The first-order valence-corrected chi connectivity index (χ1v) is 9.36. The Balaban J connectivity index is 1.83. The van der Waals surface area contributed by atoms with E-state index in [0.717, 1.165) is 28.2 Å². The van der Waals surface area contributed by atoms with Crippen LogP contribution >= 0.6 is 0 Å². The monoisotopic (exact) mass is 372 g/mol. The van der Waals surface area contributed by atoms with Crippen LogP contribution in [0.5, 0.6) is 0 Å². The van der Waals surface area contributed by atoms with Gasteiger partial charge in [-0.2, -0.15) is 0 Å². The van der Waals surface area contributed by atoms with Crippen LogP contribution in [0.25, 0.3) is 0 Å². The topological polar surface area (TPSA) is 57.7 Å². The molecule has 0 spiro atoms. The fourth-order valence-corrected chi connectivity index (χ4v) is 3.63. The maximum atomic E-state index is 13.3. The summed E-state index contributed by atoms with van der Waals surface area (Å²) in [5, 5.41) is 0. The first-order chi connectivity index (χ1) is 13.7. The number of benzene rings is 2. The highest BCUT2D eigenvalue weighted by molar-refractivity contribution is 6.37. The predicted octanol–water partition coefficient (Wildman–Crippen LogP) is 4.47. The molecule has 2 aromatic rings. The summed E-state index contributed by atoms with van der Waals surface area (Å²) >= 11 is 0. The van der Waals surface area contributed by atoms with E-state index in [0.29, 0.717) is 17.8 Å². The minimum absolute atomic E-state index is 0.459. The molecule has 2 aliphatic rings. The van der Waals surface area contributed by atoms with E-state index in [1.807, 2.05) is 30.4 Å². The van der Waals surface area contributed by atoms with E-state index >= 15 is 0 Å². The molecule has 140 valence electrons. The Labute approximate surface area is 163 Å². The van der Waals surface area contributed by atoms with Crippen LogP contribution in [-0.2, 0) is 9.59 Å². The highest BCUT2D eigenvalue weighted by atomic mass is 16.2. The van der Waals surface area contributed by atoms with Crippen molar-refractivity contribution in [1.29, 1.82) is 0 Å². The van der Waals surface area contributed by atoms with Crippen LogP contribution in [0.15, 0.2) is 84.5 Å². The molecule has 1 fully saturated rings. The van der Waals surface area contributed by atoms with Gasteiger partial charge in [-0.15, -0.1) is 0 Å². The second kappa shape index (κ2) is 7.64. The highest BCUT2D eigenvalue weighted by Crippen LogP contribution is 2.33. The fraction of sp³-hybridized carbons (Fsp3) is 0.174. The molecule has 1 heterocycles. The zero-order chi connectivity index (χ0) is 19.5. The number of barbiturate groups is 1. The first kappa shape index (κ1) is 17.9. The Kier molecular flexibility index (Phi) is 4.89. The summed E-state index contributed by atoms with van der Waals surface area (Å²) in [7, 11) is 0. The number of urea groups is 1.